The molecule has 2 nitrogen and oxygen atoms in total. The molecule has 1 rings (SSSR count). The smallest absolute Gasteiger partial charge is 0.143 e. The molecular formula is C15H21Cl2NO. The zero-order chi connectivity index (χ0) is 14.4. The van der Waals surface area contributed by atoms with E-state index in [2.05, 4.69) is 25.7 Å². The third-order valence-corrected chi connectivity index (χ3v) is 3.09. The van der Waals surface area contributed by atoms with Crippen LogP contribution < -0.4 is 10.1 Å². The van der Waals surface area contributed by atoms with Gasteiger partial charge in [-0.05, 0) is 31.5 Å². The molecule has 0 spiro atoms. The molecule has 0 bridgehead atoms. The van der Waals surface area contributed by atoms with Crippen molar-refractivity contribution in [1.82, 2.24) is 5.32 Å². The van der Waals surface area contributed by atoms with Crippen LogP contribution in [0.25, 0.3) is 0 Å². The van der Waals surface area contributed by atoms with Gasteiger partial charge in [0.15, 0.2) is 0 Å². The van der Waals surface area contributed by atoms with Crippen LogP contribution in [0, 0.1) is 5.92 Å². The van der Waals surface area contributed by atoms with Gasteiger partial charge in [-0.15, -0.1) is 0 Å². The molecule has 0 saturated carbocycles. The van der Waals surface area contributed by atoms with Crippen molar-refractivity contribution in [2.45, 2.75) is 33.4 Å². The molecule has 19 heavy (non-hydrogen) atoms. The number of rotatable bonds is 7. The highest BCUT2D eigenvalue weighted by atomic mass is 35.5. The number of hydrogen-bond acceptors (Lipinski definition) is 2. The van der Waals surface area contributed by atoms with Gasteiger partial charge in [-0.3, -0.25) is 0 Å². The van der Waals surface area contributed by atoms with E-state index >= 15 is 0 Å². The Morgan fingerprint density at radius 3 is 2.58 bits per heavy atom. The fraction of sp³-hybridized carbons (Fsp3) is 0.467. The van der Waals surface area contributed by atoms with Crippen LogP contribution in [-0.4, -0.2) is 12.6 Å². The number of benzene rings is 1. The normalized spacial score (nSPS) is 12.5. The molecule has 1 aromatic carbocycles. The van der Waals surface area contributed by atoms with Crippen molar-refractivity contribution in [2.24, 2.45) is 5.92 Å². The van der Waals surface area contributed by atoms with Crippen LogP contribution in [0.4, 0.5) is 0 Å². The zero-order valence-electron chi connectivity index (χ0n) is 11.7. The summed E-state index contributed by atoms with van der Waals surface area (Å²) in [6, 6.07) is 3.58. The van der Waals surface area contributed by atoms with Crippen molar-refractivity contribution in [3.8, 4) is 5.75 Å². The average Bonchev–Trinajstić information content (AvgIpc) is 2.32. The third kappa shape index (κ3) is 5.43. The fourth-order valence-corrected chi connectivity index (χ4v) is 2.19. The first-order valence-corrected chi connectivity index (χ1v) is 7.17. The molecule has 106 valence electrons. The molecule has 0 saturated heterocycles. The Morgan fingerprint density at radius 2 is 2.00 bits per heavy atom. The molecule has 0 amide bonds. The minimum absolute atomic E-state index is 0.0949. The Balaban J connectivity index is 2.89. The van der Waals surface area contributed by atoms with Gasteiger partial charge in [0, 0.05) is 17.1 Å². The predicted molar refractivity (Wildman–Crippen MR) is 83.3 cm³/mol. The van der Waals surface area contributed by atoms with Crippen molar-refractivity contribution in [3.05, 3.63) is 40.4 Å². The van der Waals surface area contributed by atoms with E-state index in [0.29, 0.717) is 28.3 Å². The lowest BCUT2D eigenvalue weighted by atomic mass is 10.1. The van der Waals surface area contributed by atoms with E-state index in [1.165, 1.54) is 0 Å². The lowest BCUT2D eigenvalue weighted by Gasteiger charge is -2.17. The first-order chi connectivity index (χ1) is 8.93. The van der Waals surface area contributed by atoms with Gasteiger partial charge in [-0.25, -0.2) is 0 Å². The minimum Gasteiger partial charge on any atom is -0.485 e. The summed E-state index contributed by atoms with van der Waals surface area (Å²) in [7, 11) is 0. The summed E-state index contributed by atoms with van der Waals surface area (Å²) in [5, 5.41) is 4.51. The van der Waals surface area contributed by atoms with Crippen LogP contribution in [0.1, 0.15) is 26.3 Å². The van der Waals surface area contributed by atoms with E-state index in [9.17, 15) is 0 Å². The second kappa shape index (κ2) is 7.78. The molecule has 1 N–H and O–H groups in total. The highest BCUT2D eigenvalue weighted by molar-refractivity contribution is 6.35. The summed E-state index contributed by atoms with van der Waals surface area (Å²) < 4.78 is 5.79. The summed E-state index contributed by atoms with van der Waals surface area (Å²) >= 11 is 12.3. The summed E-state index contributed by atoms with van der Waals surface area (Å²) in [6.07, 6.45) is 1.64. The fourth-order valence-electron chi connectivity index (χ4n) is 1.61. The van der Waals surface area contributed by atoms with Crippen LogP contribution in [0.3, 0.4) is 0 Å². The molecule has 4 heteroatoms. The molecule has 0 heterocycles. The van der Waals surface area contributed by atoms with Gasteiger partial charge in [0.2, 0.25) is 0 Å². The Bertz CT molecular complexity index is 432. The van der Waals surface area contributed by atoms with E-state index < -0.39 is 0 Å². The molecule has 0 aliphatic heterocycles. The van der Waals surface area contributed by atoms with Crippen molar-refractivity contribution in [2.75, 3.05) is 6.54 Å². The Labute approximate surface area is 125 Å². The monoisotopic (exact) mass is 301 g/mol. The zero-order valence-corrected chi connectivity index (χ0v) is 13.2. The first kappa shape index (κ1) is 16.4. The van der Waals surface area contributed by atoms with Gasteiger partial charge in [0.05, 0.1) is 5.02 Å². The maximum absolute atomic E-state index is 6.21. The standard InChI is InChI=1S/C15H21Cl2NO/c1-5-11(4)19-15-12(9-18-8-10(2)3)6-13(16)7-14(15)17/h5-7,10-11,18H,1,8-9H2,2-4H3. The molecule has 1 unspecified atom stereocenters. The van der Waals surface area contributed by atoms with Crippen LogP contribution in [0.2, 0.25) is 10.0 Å². The van der Waals surface area contributed by atoms with Crippen molar-refractivity contribution < 1.29 is 4.74 Å². The molecule has 0 radical (unpaired) electrons. The molecule has 1 atom stereocenters. The van der Waals surface area contributed by atoms with E-state index in [-0.39, 0.29) is 6.10 Å². The number of halogens is 2. The molecule has 0 fully saturated rings. The molecular weight excluding hydrogens is 281 g/mol. The Kier molecular flexibility index (Phi) is 6.70. The summed E-state index contributed by atoms with van der Waals surface area (Å²) in [4.78, 5) is 0. The van der Waals surface area contributed by atoms with Crippen LogP contribution in [0.15, 0.2) is 24.8 Å². The van der Waals surface area contributed by atoms with Crippen LogP contribution >= 0.6 is 23.2 Å². The van der Waals surface area contributed by atoms with Gasteiger partial charge in [-0.1, -0.05) is 49.7 Å². The Hall–Kier alpha value is -0.700. The number of ether oxygens (including phenoxy) is 1. The van der Waals surface area contributed by atoms with E-state index in [1.807, 2.05) is 13.0 Å². The number of hydrogen-bond donors (Lipinski definition) is 1. The van der Waals surface area contributed by atoms with Gasteiger partial charge < -0.3 is 10.1 Å². The first-order valence-electron chi connectivity index (χ1n) is 6.42. The quantitative estimate of drug-likeness (QED) is 0.738. The van der Waals surface area contributed by atoms with E-state index in [4.69, 9.17) is 27.9 Å². The minimum atomic E-state index is -0.0949. The van der Waals surface area contributed by atoms with Gasteiger partial charge in [-0.2, -0.15) is 0 Å². The van der Waals surface area contributed by atoms with E-state index in [0.717, 1.165) is 12.1 Å². The lowest BCUT2D eigenvalue weighted by molar-refractivity contribution is 0.267. The van der Waals surface area contributed by atoms with Gasteiger partial charge >= 0.3 is 0 Å². The predicted octanol–water partition coefficient (Wildman–Crippen LogP) is 4.69. The maximum Gasteiger partial charge on any atom is 0.143 e. The Morgan fingerprint density at radius 1 is 1.32 bits per heavy atom. The van der Waals surface area contributed by atoms with Gasteiger partial charge in [0.25, 0.3) is 0 Å². The van der Waals surface area contributed by atoms with Crippen molar-refractivity contribution >= 4 is 23.2 Å². The molecule has 0 aliphatic carbocycles. The van der Waals surface area contributed by atoms with Crippen LogP contribution in [-0.2, 0) is 6.54 Å². The summed E-state index contributed by atoms with van der Waals surface area (Å²) in [5.74, 6) is 1.26. The maximum atomic E-state index is 6.21. The average molecular weight is 302 g/mol. The van der Waals surface area contributed by atoms with Gasteiger partial charge in [0.1, 0.15) is 11.9 Å². The molecule has 0 aromatic heterocycles. The largest absolute Gasteiger partial charge is 0.485 e. The lowest BCUT2D eigenvalue weighted by Crippen LogP contribution is -2.20. The summed E-state index contributed by atoms with van der Waals surface area (Å²) in [6.45, 7) is 11.6. The van der Waals surface area contributed by atoms with E-state index in [1.54, 1.807) is 12.1 Å². The molecule has 0 aliphatic rings. The number of nitrogens with one attached hydrogen (secondary N) is 1. The second-order valence-electron chi connectivity index (χ2n) is 4.96. The van der Waals surface area contributed by atoms with Crippen molar-refractivity contribution in [3.63, 3.8) is 0 Å². The van der Waals surface area contributed by atoms with Crippen molar-refractivity contribution in [1.29, 1.82) is 0 Å². The topological polar surface area (TPSA) is 21.3 Å². The highest BCUT2D eigenvalue weighted by Crippen LogP contribution is 2.33. The second-order valence-corrected chi connectivity index (χ2v) is 5.80. The molecule has 1 aromatic rings. The summed E-state index contributed by atoms with van der Waals surface area (Å²) in [5.41, 5.74) is 0.965. The highest BCUT2D eigenvalue weighted by Gasteiger charge is 2.12. The van der Waals surface area contributed by atoms with Crippen LogP contribution in [0.5, 0.6) is 5.75 Å². The third-order valence-electron chi connectivity index (χ3n) is 2.59. The SMILES string of the molecule is C=CC(C)Oc1c(Cl)cc(Cl)cc1CNCC(C)C.